The lowest BCUT2D eigenvalue weighted by Crippen LogP contribution is -2.20. The van der Waals surface area contributed by atoms with Crippen LogP contribution in [0, 0.1) is 5.92 Å². The van der Waals surface area contributed by atoms with E-state index in [1.807, 2.05) is 0 Å². The summed E-state index contributed by atoms with van der Waals surface area (Å²) in [4.78, 5) is 22.5. The highest BCUT2D eigenvalue weighted by molar-refractivity contribution is 5.83. The van der Waals surface area contributed by atoms with Gasteiger partial charge in [-0.1, -0.05) is 0 Å². The number of aromatic amines is 1. The first-order valence-electron chi connectivity index (χ1n) is 4.27. The van der Waals surface area contributed by atoms with Crippen LogP contribution in [0.3, 0.4) is 0 Å². The Morgan fingerprint density at radius 3 is 2.92 bits per heavy atom. The third-order valence-electron chi connectivity index (χ3n) is 2.16. The largest absolute Gasteiger partial charge is 0.325 e. The highest BCUT2D eigenvalue weighted by Gasteiger charge is 2.32. The van der Waals surface area contributed by atoms with E-state index in [0.717, 1.165) is 12.8 Å². The van der Waals surface area contributed by atoms with Gasteiger partial charge in [0.1, 0.15) is 0 Å². The van der Waals surface area contributed by atoms with Crippen molar-refractivity contribution in [3.63, 3.8) is 0 Å². The van der Waals surface area contributed by atoms with Crippen LogP contribution in [-0.4, -0.2) is 15.7 Å². The highest BCUT2D eigenvalue weighted by atomic mass is 16.2. The Bertz CT molecular complexity index is 386. The summed E-state index contributed by atoms with van der Waals surface area (Å²) >= 11 is 0. The van der Waals surface area contributed by atoms with Crippen LogP contribution in [0.2, 0.25) is 0 Å². The van der Waals surface area contributed by atoms with Crippen molar-refractivity contribution in [2.24, 2.45) is 11.7 Å². The van der Waals surface area contributed by atoms with Gasteiger partial charge in [-0.15, -0.1) is 0 Å². The Morgan fingerprint density at radius 1 is 1.69 bits per heavy atom. The normalized spacial score (nSPS) is 16.1. The molecule has 2 rings (SSSR count). The third-order valence-corrected chi connectivity index (χ3v) is 2.16. The Labute approximate surface area is 74.5 Å². The molecule has 0 spiro atoms. The van der Waals surface area contributed by atoms with E-state index >= 15 is 0 Å². The summed E-state index contributed by atoms with van der Waals surface area (Å²) in [6.07, 6.45) is 1.84. The molecule has 5 heteroatoms. The van der Waals surface area contributed by atoms with Gasteiger partial charge in [0.15, 0.2) is 0 Å². The van der Waals surface area contributed by atoms with E-state index in [1.165, 1.54) is 10.7 Å². The van der Waals surface area contributed by atoms with Crippen molar-refractivity contribution < 1.29 is 4.79 Å². The van der Waals surface area contributed by atoms with Crippen LogP contribution in [-0.2, 0) is 6.54 Å². The Kier molecular flexibility index (Phi) is 1.81. The van der Waals surface area contributed by atoms with Crippen molar-refractivity contribution in [3.8, 4) is 0 Å². The highest BCUT2D eigenvalue weighted by Crippen LogP contribution is 2.30. The first-order valence-corrected chi connectivity index (χ1v) is 4.27. The first-order chi connectivity index (χ1) is 6.22. The minimum atomic E-state index is -0.269. The van der Waals surface area contributed by atoms with Gasteiger partial charge in [0.2, 0.25) is 5.91 Å². The molecule has 3 N–H and O–H groups in total. The summed E-state index contributed by atoms with van der Waals surface area (Å²) in [5, 5.41) is 2.45. The molecule has 0 bridgehead atoms. The molecule has 1 saturated carbocycles. The summed E-state index contributed by atoms with van der Waals surface area (Å²) in [7, 11) is 0. The summed E-state index contributed by atoms with van der Waals surface area (Å²) in [5.74, 6) is 0.0518. The van der Waals surface area contributed by atoms with E-state index in [4.69, 9.17) is 5.73 Å². The Hall–Kier alpha value is -1.36. The number of aromatic nitrogens is 2. The molecule has 1 heterocycles. The molecular formula is C8H11N3O2. The molecule has 1 aliphatic rings. The average molecular weight is 181 g/mol. The number of hydrogen-bond donors (Lipinski definition) is 2. The van der Waals surface area contributed by atoms with Gasteiger partial charge in [0, 0.05) is 18.5 Å². The van der Waals surface area contributed by atoms with E-state index in [9.17, 15) is 9.59 Å². The maximum atomic E-state index is 11.5. The number of carbonyl (C=O) groups excluding carboxylic acids is 1. The molecule has 0 radical (unpaired) electrons. The lowest BCUT2D eigenvalue weighted by molar-refractivity contribution is 0.0865. The fourth-order valence-corrected chi connectivity index (χ4v) is 1.29. The minimum absolute atomic E-state index is 0.0393. The number of hydrogen-bond acceptors (Lipinski definition) is 3. The van der Waals surface area contributed by atoms with Crippen molar-refractivity contribution in [1.29, 1.82) is 0 Å². The van der Waals surface area contributed by atoms with Crippen LogP contribution in [0.4, 0.5) is 0 Å². The molecule has 1 aromatic rings. The molecular weight excluding hydrogens is 170 g/mol. The van der Waals surface area contributed by atoms with Crippen molar-refractivity contribution in [1.82, 2.24) is 9.78 Å². The maximum Gasteiger partial charge on any atom is 0.264 e. The molecule has 0 unspecified atom stereocenters. The summed E-state index contributed by atoms with van der Waals surface area (Å²) in [5.41, 5.74) is 5.68. The van der Waals surface area contributed by atoms with Crippen molar-refractivity contribution >= 4 is 5.91 Å². The standard InChI is InChI=1S/C8H11N3O2/c9-4-6-3-7(12)10-11(6)8(13)5-1-2-5/h3,5H,1-2,4,9H2,(H,10,12). The van der Waals surface area contributed by atoms with Crippen LogP contribution in [0.15, 0.2) is 10.9 Å². The Balaban J connectivity index is 2.36. The van der Waals surface area contributed by atoms with Gasteiger partial charge in [0.25, 0.3) is 5.56 Å². The summed E-state index contributed by atoms with van der Waals surface area (Å²) < 4.78 is 1.28. The van der Waals surface area contributed by atoms with Gasteiger partial charge >= 0.3 is 0 Å². The van der Waals surface area contributed by atoms with Gasteiger partial charge in [-0.25, -0.2) is 4.68 Å². The zero-order chi connectivity index (χ0) is 9.42. The van der Waals surface area contributed by atoms with E-state index in [-0.39, 0.29) is 23.9 Å². The fraction of sp³-hybridized carbons (Fsp3) is 0.500. The summed E-state index contributed by atoms with van der Waals surface area (Å²) in [6, 6.07) is 1.36. The maximum absolute atomic E-state index is 11.5. The van der Waals surface area contributed by atoms with Gasteiger partial charge < -0.3 is 5.73 Å². The smallest absolute Gasteiger partial charge is 0.264 e. The SMILES string of the molecule is NCc1cc(=O)[nH]n1C(=O)C1CC1. The Morgan fingerprint density at radius 2 is 2.38 bits per heavy atom. The monoisotopic (exact) mass is 181 g/mol. The van der Waals surface area contributed by atoms with Gasteiger partial charge in [-0.2, -0.15) is 0 Å². The number of H-pyrrole nitrogens is 1. The molecule has 70 valence electrons. The van der Waals surface area contributed by atoms with Crippen molar-refractivity contribution in [3.05, 3.63) is 22.1 Å². The number of carbonyl (C=O) groups is 1. The predicted octanol–water partition coefficient (Wildman–Crippen LogP) is -0.315. The van der Waals surface area contributed by atoms with Crippen molar-refractivity contribution in [2.75, 3.05) is 0 Å². The molecule has 0 atom stereocenters. The average Bonchev–Trinajstić information content (AvgIpc) is 2.88. The third kappa shape index (κ3) is 1.42. The molecule has 0 aromatic carbocycles. The second-order valence-electron chi connectivity index (χ2n) is 3.26. The van der Waals surface area contributed by atoms with Crippen LogP contribution >= 0.6 is 0 Å². The lowest BCUT2D eigenvalue weighted by atomic mass is 10.3. The molecule has 0 amide bonds. The number of nitrogens with zero attached hydrogens (tertiary/aromatic N) is 1. The number of nitrogens with one attached hydrogen (secondary N) is 1. The second-order valence-corrected chi connectivity index (χ2v) is 3.26. The topological polar surface area (TPSA) is 80.9 Å². The minimum Gasteiger partial charge on any atom is -0.325 e. The zero-order valence-corrected chi connectivity index (χ0v) is 7.12. The van der Waals surface area contributed by atoms with Gasteiger partial charge in [-0.05, 0) is 12.8 Å². The molecule has 0 saturated heterocycles. The second kappa shape index (κ2) is 2.85. The molecule has 5 nitrogen and oxygen atoms in total. The van der Waals surface area contributed by atoms with Crippen LogP contribution in [0.5, 0.6) is 0 Å². The van der Waals surface area contributed by atoms with E-state index in [1.54, 1.807) is 0 Å². The van der Waals surface area contributed by atoms with Crippen LogP contribution in [0.1, 0.15) is 23.3 Å². The summed E-state index contributed by atoms with van der Waals surface area (Å²) in [6.45, 7) is 0.206. The van der Waals surface area contributed by atoms with Crippen LogP contribution in [0.25, 0.3) is 0 Å². The molecule has 13 heavy (non-hydrogen) atoms. The molecule has 1 aromatic heterocycles. The van der Waals surface area contributed by atoms with Gasteiger partial charge in [0.05, 0.1) is 5.69 Å². The van der Waals surface area contributed by atoms with Crippen molar-refractivity contribution in [2.45, 2.75) is 19.4 Å². The quantitative estimate of drug-likeness (QED) is 0.656. The van der Waals surface area contributed by atoms with E-state index in [2.05, 4.69) is 5.10 Å². The molecule has 1 aliphatic carbocycles. The lowest BCUT2D eigenvalue weighted by Gasteiger charge is -2.02. The van der Waals surface area contributed by atoms with Gasteiger partial charge in [-0.3, -0.25) is 14.7 Å². The van der Waals surface area contributed by atoms with Crippen LogP contribution < -0.4 is 11.3 Å². The number of nitrogens with two attached hydrogens (primary N) is 1. The zero-order valence-electron chi connectivity index (χ0n) is 7.12. The van der Waals surface area contributed by atoms with E-state index in [0.29, 0.717) is 5.69 Å². The molecule has 1 fully saturated rings. The van der Waals surface area contributed by atoms with E-state index < -0.39 is 0 Å². The molecule has 0 aliphatic heterocycles. The first kappa shape index (κ1) is 8.25. The number of rotatable bonds is 2. The predicted molar refractivity (Wildman–Crippen MR) is 46.3 cm³/mol. The fourth-order valence-electron chi connectivity index (χ4n) is 1.29.